The summed E-state index contributed by atoms with van der Waals surface area (Å²) < 4.78 is 19.3. The lowest BCUT2D eigenvalue weighted by molar-refractivity contribution is 0.332. The summed E-state index contributed by atoms with van der Waals surface area (Å²) >= 11 is 3.25. The minimum absolute atomic E-state index is 0.317. The first-order valence-corrected chi connectivity index (χ1v) is 7.76. The maximum atomic E-state index is 13.4. The summed E-state index contributed by atoms with van der Waals surface area (Å²) in [6.45, 7) is 4.90. The quantitative estimate of drug-likeness (QED) is 0.855. The highest BCUT2D eigenvalue weighted by Gasteiger charge is 2.16. The molecule has 6 heteroatoms. The predicted octanol–water partition coefficient (Wildman–Crippen LogP) is 3.80. The first-order chi connectivity index (χ1) is 9.97. The molecule has 1 atom stereocenters. The van der Waals surface area contributed by atoms with Crippen LogP contribution in [0.1, 0.15) is 26.2 Å². The molecule has 0 amide bonds. The fourth-order valence-electron chi connectivity index (χ4n) is 2.31. The van der Waals surface area contributed by atoms with Crippen molar-refractivity contribution in [3.8, 4) is 11.4 Å². The highest BCUT2D eigenvalue weighted by molar-refractivity contribution is 9.10. The molecule has 0 unspecified atom stereocenters. The predicted molar refractivity (Wildman–Crippen MR) is 83.1 cm³/mol. The average Bonchev–Trinajstić information content (AvgIpc) is 2.84. The van der Waals surface area contributed by atoms with E-state index in [4.69, 9.17) is 10.3 Å². The molecule has 0 fully saturated rings. The van der Waals surface area contributed by atoms with E-state index in [2.05, 4.69) is 39.9 Å². The van der Waals surface area contributed by atoms with Gasteiger partial charge in [-0.2, -0.15) is 4.98 Å². The lowest BCUT2D eigenvalue weighted by atomic mass is 9.94. The van der Waals surface area contributed by atoms with Gasteiger partial charge < -0.3 is 10.3 Å². The van der Waals surface area contributed by atoms with Gasteiger partial charge in [0.1, 0.15) is 5.82 Å². The van der Waals surface area contributed by atoms with Crippen molar-refractivity contribution in [2.75, 3.05) is 6.54 Å². The van der Waals surface area contributed by atoms with Crippen molar-refractivity contribution in [1.82, 2.24) is 10.1 Å². The van der Waals surface area contributed by atoms with Crippen LogP contribution in [0.4, 0.5) is 4.39 Å². The maximum absolute atomic E-state index is 13.4. The van der Waals surface area contributed by atoms with Crippen molar-refractivity contribution in [1.29, 1.82) is 0 Å². The molecule has 2 rings (SSSR count). The Hall–Kier alpha value is -1.27. The molecule has 0 spiro atoms. The van der Waals surface area contributed by atoms with E-state index < -0.39 is 0 Å². The molecule has 2 aromatic rings. The lowest BCUT2D eigenvalue weighted by Gasteiger charge is -2.14. The molecule has 4 nitrogen and oxygen atoms in total. The van der Waals surface area contributed by atoms with Gasteiger partial charge in [-0.15, -0.1) is 0 Å². The Morgan fingerprint density at radius 3 is 2.71 bits per heavy atom. The molecule has 0 bridgehead atoms. The van der Waals surface area contributed by atoms with E-state index >= 15 is 0 Å². The molecule has 1 heterocycles. The minimum atomic E-state index is -0.342. The van der Waals surface area contributed by atoms with Gasteiger partial charge in [-0.3, -0.25) is 0 Å². The van der Waals surface area contributed by atoms with Crippen LogP contribution in [0.15, 0.2) is 27.2 Å². The summed E-state index contributed by atoms with van der Waals surface area (Å²) in [4.78, 5) is 4.34. The Morgan fingerprint density at radius 2 is 2.10 bits per heavy atom. The molecule has 114 valence electrons. The van der Waals surface area contributed by atoms with Gasteiger partial charge in [-0.25, -0.2) is 4.39 Å². The zero-order chi connectivity index (χ0) is 15.4. The smallest absolute Gasteiger partial charge is 0.227 e. The highest BCUT2D eigenvalue weighted by atomic mass is 79.9. The van der Waals surface area contributed by atoms with Crippen LogP contribution in [0.5, 0.6) is 0 Å². The number of benzene rings is 1. The standard InChI is InChI=1S/C15H19BrFN3O/c1-9(2)3-10(8-18)4-14-19-15(20-21-14)11-5-12(16)7-13(17)6-11/h5-7,9-10H,3-4,8,18H2,1-2H3/t10-/m0/s1. The molecule has 21 heavy (non-hydrogen) atoms. The van der Waals surface area contributed by atoms with Crippen LogP contribution in [0, 0.1) is 17.7 Å². The molecule has 1 aromatic heterocycles. The number of hydrogen-bond acceptors (Lipinski definition) is 4. The van der Waals surface area contributed by atoms with Gasteiger partial charge in [0.2, 0.25) is 11.7 Å². The monoisotopic (exact) mass is 355 g/mol. The summed E-state index contributed by atoms with van der Waals surface area (Å²) in [6.07, 6.45) is 1.66. The van der Waals surface area contributed by atoms with Crippen molar-refractivity contribution in [3.05, 3.63) is 34.4 Å². The fourth-order valence-corrected chi connectivity index (χ4v) is 2.78. The SMILES string of the molecule is CC(C)C[C@H](CN)Cc1nc(-c2cc(F)cc(Br)c2)no1. The van der Waals surface area contributed by atoms with Gasteiger partial charge in [0.05, 0.1) is 0 Å². The van der Waals surface area contributed by atoms with Crippen LogP contribution in [-0.2, 0) is 6.42 Å². The van der Waals surface area contributed by atoms with Gasteiger partial charge >= 0.3 is 0 Å². The highest BCUT2D eigenvalue weighted by Crippen LogP contribution is 2.23. The molecular weight excluding hydrogens is 337 g/mol. The molecular formula is C15H19BrFN3O. The van der Waals surface area contributed by atoms with E-state index in [0.717, 1.165) is 6.42 Å². The van der Waals surface area contributed by atoms with Gasteiger partial charge in [0, 0.05) is 16.5 Å². The van der Waals surface area contributed by atoms with E-state index in [9.17, 15) is 4.39 Å². The minimum Gasteiger partial charge on any atom is -0.339 e. The summed E-state index contributed by atoms with van der Waals surface area (Å²) in [5, 5.41) is 3.92. The Balaban J connectivity index is 2.13. The third-order valence-corrected chi connectivity index (χ3v) is 3.65. The fraction of sp³-hybridized carbons (Fsp3) is 0.467. The van der Waals surface area contributed by atoms with Gasteiger partial charge in [0.15, 0.2) is 0 Å². The average molecular weight is 356 g/mol. The van der Waals surface area contributed by atoms with E-state index in [1.165, 1.54) is 12.1 Å². The third kappa shape index (κ3) is 4.61. The van der Waals surface area contributed by atoms with Crippen molar-refractivity contribution in [2.24, 2.45) is 17.6 Å². The van der Waals surface area contributed by atoms with E-state index in [1.54, 1.807) is 6.07 Å². The summed E-state index contributed by atoms with van der Waals surface area (Å²) in [5.41, 5.74) is 6.37. The zero-order valence-corrected chi connectivity index (χ0v) is 13.7. The van der Waals surface area contributed by atoms with Crippen molar-refractivity contribution >= 4 is 15.9 Å². The number of aromatic nitrogens is 2. The maximum Gasteiger partial charge on any atom is 0.227 e. The Bertz CT molecular complexity index is 580. The second-order valence-electron chi connectivity index (χ2n) is 5.61. The van der Waals surface area contributed by atoms with Crippen LogP contribution in [0.25, 0.3) is 11.4 Å². The molecule has 0 radical (unpaired) electrons. The molecule has 0 saturated carbocycles. The number of nitrogens with two attached hydrogens (primary N) is 1. The van der Waals surface area contributed by atoms with Crippen LogP contribution >= 0.6 is 15.9 Å². The van der Waals surface area contributed by atoms with Crippen LogP contribution in [-0.4, -0.2) is 16.7 Å². The second-order valence-corrected chi connectivity index (χ2v) is 6.52. The summed E-state index contributed by atoms with van der Waals surface area (Å²) in [6, 6.07) is 4.53. The van der Waals surface area contributed by atoms with E-state index in [-0.39, 0.29) is 5.82 Å². The number of halogens is 2. The summed E-state index contributed by atoms with van der Waals surface area (Å²) in [7, 11) is 0. The zero-order valence-electron chi connectivity index (χ0n) is 12.1. The van der Waals surface area contributed by atoms with E-state index in [0.29, 0.717) is 46.6 Å². The van der Waals surface area contributed by atoms with Gasteiger partial charge in [0.25, 0.3) is 0 Å². The number of hydrogen-bond donors (Lipinski definition) is 1. The van der Waals surface area contributed by atoms with Crippen LogP contribution in [0.3, 0.4) is 0 Å². The van der Waals surface area contributed by atoms with Crippen molar-refractivity contribution in [2.45, 2.75) is 26.7 Å². The summed E-state index contributed by atoms with van der Waals surface area (Å²) in [5.74, 6) is 1.48. The van der Waals surface area contributed by atoms with E-state index in [1.807, 2.05) is 0 Å². The molecule has 0 aliphatic rings. The third-order valence-electron chi connectivity index (χ3n) is 3.19. The van der Waals surface area contributed by atoms with Gasteiger partial charge in [-0.05, 0) is 43.0 Å². The molecule has 1 aromatic carbocycles. The number of rotatable bonds is 6. The van der Waals surface area contributed by atoms with Gasteiger partial charge in [-0.1, -0.05) is 34.9 Å². The van der Waals surface area contributed by atoms with Crippen molar-refractivity contribution in [3.63, 3.8) is 0 Å². The normalized spacial score (nSPS) is 12.9. The molecule has 0 aliphatic carbocycles. The number of nitrogens with zero attached hydrogens (tertiary/aromatic N) is 2. The first-order valence-electron chi connectivity index (χ1n) is 6.97. The van der Waals surface area contributed by atoms with Crippen LogP contribution < -0.4 is 5.73 Å². The molecule has 0 aliphatic heterocycles. The van der Waals surface area contributed by atoms with Crippen molar-refractivity contribution < 1.29 is 8.91 Å². The van der Waals surface area contributed by atoms with Crippen LogP contribution in [0.2, 0.25) is 0 Å². The Kier molecular flexibility index (Phi) is 5.47. The Morgan fingerprint density at radius 1 is 1.33 bits per heavy atom. The lowest BCUT2D eigenvalue weighted by Crippen LogP contribution is -2.19. The molecule has 0 saturated heterocycles. The molecule has 2 N–H and O–H groups in total. The second kappa shape index (κ2) is 7.13. The topological polar surface area (TPSA) is 64.9 Å². The first kappa shape index (κ1) is 16.1. The largest absolute Gasteiger partial charge is 0.339 e. The Labute approximate surface area is 132 Å².